The third-order valence-corrected chi connectivity index (χ3v) is 3.88. The molecule has 3 heteroatoms. The third-order valence-electron chi connectivity index (χ3n) is 3.88. The van der Waals surface area contributed by atoms with Crippen LogP contribution < -0.4 is 10.1 Å². The molecule has 0 aliphatic rings. The van der Waals surface area contributed by atoms with Gasteiger partial charge in [-0.3, -0.25) is 0 Å². The average Bonchev–Trinajstić information content (AvgIpc) is 2.40. The summed E-state index contributed by atoms with van der Waals surface area (Å²) >= 11 is 0. The highest BCUT2D eigenvalue weighted by Gasteiger charge is 2.25. The molecular weight excluding hydrogens is 238 g/mol. The molecule has 0 amide bonds. The van der Waals surface area contributed by atoms with Crippen molar-refractivity contribution in [3.63, 3.8) is 0 Å². The van der Waals surface area contributed by atoms with E-state index in [9.17, 15) is 5.11 Å². The Morgan fingerprint density at radius 1 is 1.26 bits per heavy atom. The van der Waals surface area contributed by atoms with E-state index in [1.54, 1.807) is 7.11 Å². The molecule has 19 heavy (non-hydrogen) atoms. The molecule has 2 N–H and O–H groups in total. The largest absolute Gasteiger partial charge is 0.497 e. The summed E-state index contributed by atoms with van der Waals surface area (Å²) in [6, 6.07) is 8.35. The fraction of sp³-hybridized carbons (Fsp3) is 0.625. The van der Waals surface area contributed by atoms with E-state index in [1.807, 2.05) is 32.9 Å². The molecule has 1 aromatic rings. The molecule has 0 bridgehead atoms. The first-order valence-electron chi connectivity index (χ1n) is 7.00. The van der Waals surface area contributed by atoms with Crippen LogP contribution in [0, 0.1) is 5.92 Å². The van der Waals surface area contributed by atoms with Crippen molar-refractivity contribution in [1.82, 2.24) is 5.32 Å². The van der Waals surface area contributed by atoms with E-state index in [1.165, 1.54) is 5.56 Å². The van der Waals surface area contributed by atoms with Crippen LogP contribution in [0.5, 0.6) is 5.75 Å². The molecule has 0 heterocycles. The van der Waals surface area contributed by atoms with Gasteiger partial charge in [0.1, 0.15) is 5.75 Å². The lowest BCUT2D eigenvalue weighted by molar-refractivity contribution is 0.0116. The fourth-order valence-electron chi connectivity index (χ4n) is 1.87. The zero-order valence-electron chi connectivity index (χ0n) is 12.7. The Morgan fingerprint density at radius 3 is 2.26 bits per heavy atom. The van der Waals surface area contributed by atoms with Gasteiger partial charge in [0.25, 0.3) is 0 Å². The van der Waals surface area contributed by atoms with Crippen LogP contribution in [0.1, 0.15) is 45.7 Å². The van der Waals surface area contributed by atoms with Gasteiger partial charge in [-0.1, -0.05) is 32.9 Å². The molecule has 0 saturated carbocycles. The Labute approximate surface area is 117 Å². The van der Waals surface area contributed by atoms with Crippen molar-refractivity contribution in [3.05, 3.63) is 29.8 Å². The molecule has 1 aromatic carbocycles. The number of hydrogen-bond donors (Lipinski definition) is 2. The monoisotopic (exact) mass is 265 g/mol. The first kappa shape index (κ1) is 16.0. The minimum Gasteiger partial charge on any atom is -0.497 e. The van der Waals surface area contributed by atoms with E-state index < -0.39 is 5.60 Å². The molecule has 0 radical (unpaired) electrons. The SMILES string of the molecule is CCC(NCC(C)(O)C(C)C)c1ccc(OC)cc1. The van der Waals surface area contributed by atoms with Gasteiger partial charge >= 0.3 is 0 Å². The number of ether oxygens (including phenoxy) is 1. The van der Waals surface area contributed by atoms with Crippen LogP contribution in [-0.4, -0.2) is 24.4 Å². The van der Waals surface area contributed by atoms with E-state index in [0.717, 1.165) is 12.2 Å². The number of rotatable bonds is 7. The molecule has 0 aliphatic carbocycles. The Hall–Kier alpha value is -1.06. The van der Waals surface area contributed by atoms with Gasteiger partial charge in [-0.15, -0.1) is 0 Å². The summed E-state index contributed by atoms with van der Waals surface area (Å²) in [6.07, 6.45) is 0.987. The van der Waals surface area contributed by atoms with E-state index >= 15 is 0 Å². The van der Waals surface area contributed by atoms with Gasteiger partial charge in [0.05, 0.1) is 12.7 Å². The lowest BCUT2D eigenvalue weighted by Gasteiger charge is -2.30. The normalized spacial score (nSPS) is 16.2. The number of hydrogen-bond acceptors (Lipinski definition) is 3. The number of benzene rings is 1. The minimum atomic E-state index is -0.681. The lowest BCUT2D eigenvalue weighted by atomic mass is 9.92. The van der Waals surface area contributed by atoms with Gasteiger partial charge < -0.3 is 15.2 Å². The molecule has 0 saturated heterocycles. The second kappa shape index (κ2) is 6.92. The van der Waals surface area contributed by atoms with Crippen molar-refractivity contribution in [3.8, 4) is 5.75 Å². The minimum absolute atomic E-state index is 0.230. The van der Waals surface area contributed by atoms with Crippen molar-refractivity contribution < 1.29 is 9.84 Å². The van der Waals surface area contributed by atoms with Crippen LogP contribution in [0.25, 0.3) is 0 Å². The van der Waals surface area contributed by atoms with Gasteiger partial charge in [-0.05, 0) is 37.0 Å². The summed E-state index contributed by atoms with van der Waals surface area (Å²) in [4.78, 5) is 0. The van der Waals surface area contributed by atoms with Crippen LogP contribution in [0.2, 0.25) is 0 Å². The predicted molar refractivity (Wildman–Crippen MR) is 79.5 cm³/mol. The molecule has 0 fully saturated rings. The van der Waals surface area contributed by atoms with E-state index in [2.05, 4.69) is 24.4 Å². The molecule has 108 valence electrons. The molecule has 2 unspecified atom stereocenters. The summed E-state index contributed by atoms with van der Waals surface area (Å²) in [7, 11) is 1.67. The third kappa shape index (κ3) is 4.51. The van der Waals surface area contributed by atoms with Gasteiger partial charge in [0.2, 0.25) is 0 Å². The van der Waals surface area contributed by atoms with Crippen LogP contribution in [-0.2, 0) is 0 Å². The summed E-state index contributed by atoms with van der Waals surface area (Å²) in [5, 5.41) is 13.7. The summed E-state index contributed by atoms with van der Waals surface area (Å²) in [5.74, 6) is 1.10. The first-order chi connectivity index (χ1) is 8.90. The Kier molecular flexibility index (Phi) is 5.83. The zero-order chi connectivity index (χ0) is 14.5. The van der Waals surface area contributed by atoms with Crippen LogP contribution in [0.15, 0.2) is 24.3 Å². The quantitative estimate of drug-likeness (QED) is 0.796. The molecule has 0 spiro atoms. The van der Waals surface area contributed by atoms with E-state index in [-0.39, 0.29) is 12.0 Å². The Morgan fingerprint density at radius 2 is 1.84 bits per heavy atom. The summed E-state index contributed by atoms with van der Waals surface area (Å²) < 4.78 is 5.17. The fourth-order valence-corrected chi connectivity index (χ4v) is 1.87. The summed E-state index contributed by atoms with van der Waals surface area (Å²) in [6.45, 7) is 8.69. The maximum Gasteiger partial charge on any atom is 0.118 e. The highest BCUT2D eigenvalue weighted by atomic mass is 16.5. The number of nitrogens with one attached hydrogen (secondary N) is 1. The van der Waals surface area contributed by atoms with E-state index in [0.29, 0.717) is 6.54 Å². The number of methoxy groups -OCH3 is 1. The first-order valence-corrected chi connectivity index (χ1v) is 7.00. The molecule has 1 rings (SSSR count). The van der Waals surface area contributed by atoms with Crippen molar-refractivity contribution in [2.24, 2.45) is 5.92 Å². The molecule has 0 aromatic heterocycles. The predicted octanol–water partition coefficient (Wildman–Crippen LogP) is 3.14. The molecular formula is C16H27NO2. The second-order valence-corrected chi connectivity index (χ2v) is 5.63. The highest BCUT2D eigenvalue weighted by molar-refractivity contribution is 5.29. The molecule has 2 atom stereocenters. The standard InChI is InChI=1S/C16H27NO2/c1-6-15(17-11-16(4,18)12(2)3)13-7-9-14(19-5)10-8-13/h7-10,12,15,17-18H,6,11H2,1-5H3. The van der Waals surface area contributed by atoms with Crippen molar-refractivity contribution in [2.75, 3.05) is 13.7 Å². The Bertz CT molecular complexity index is 371. The maximum absolute atomic E-state index is 10.3. The lowest BCUT2D eigenvalue weighted by Crippen LogP contribution is -2.43. The number of aliphatic hydroxyl groups is 1. The Balaban J connectivity index is 2.67. The van der Waals surface area contributed by atoms with Gasteiger partial charge in [-0.2, -0.15) is 0 Å². The van der Waals surface area contributed by atoms with Crippen molar-refractivity contribution >= 4 is 0 Å². The van der Waals surface area contributed by atoms with Crippen molar-refractivity contribution in [2.45, 2.75) is 45.8 Å². The van der Waals surface area contributed by atoms with E-state index in [4.69, 9.17) is 4.74 Å². The van der Waals surface area contributed by atoms with Gasteiger partial charge in [0, 0.05) is 12.6 Å². The van der Waals surface area contributed by atoms with Crippen LogP contribution in [0.4, 0.5) is 0 Å². The smallest absolute Gasteiger partial charge is 0.118 e. The van der Waals surface area contributed by atoms with Gasteiger partial charge in [-0.25, -0.2) is 0 Å². The maximum atomic E-state index is 10.3. The molecule has 3 nitrogen and oxygen atoms in total. The molecule has 0 aliphatic heterocycles. The topological polar surface area (TPSA) is 41.5 Å². The zero-order valence-corrected chi connectivity index (χ0v) is 12.7. The van der Waals surface area contributed by atoms with Crippen LogP contribution >= 0.6 is 0 Å². The summed E-state index contributed by atoms with van der Waals surface area (Å²) in [5.41, 5.74) is 0.544. The highest BCUT2D eigenvalue weighted by Crippen LogP contribution is 2.22. The van der Waals surface area contributed by atoms with Crippen molar-refractivity contribution in [1.29, 1.82) is 0 Å². The van der Waals surface area contributed by atoms with Gasteiger partial charge in [0.15, 0.2) is 0 Å². The average molecular weight is 265 g/mol. The van der Waals surface area contributed by atoms with Crippen LogP contribution in [0.3, 0.4) is 0 Å². The second-order valence-electron chi connectivity index (χ2n) is 5.63.